The lowest BCUT2D eigenvalue weighted by Crippen LogP contribution is -2.43. The predicted octanol–water partition coefficient (Wildman–Crippen LogP) is 1.43. The molecule has 4 rings (SSSR count). The van der Waals surface area contributed by atoms with Crippen LogP contribution >= 0.6 is 11.8 Å². The maximum absolute atomic E-state index is 4.42. The van der Waals surface area contributed by atoms with Gasteiger partial charge >= 0.3 is 0 Å². The van der Waals surface area contributed by atoms with E-state index in [4.69, 9.17) is 0 Å². The van der Waals surface area contributed by atoms with E-state index in [0.29, 0.717) is 0 Å². The van der Waals surface area contributed by atoms with E-state index in [1.54, 1.807) is 0 Å². The van der Waals surface area contributed by atoms with Gasteiger partial charge in [0.05, 0.1) is 0 Å². The fourth-order valence-electron chi connectivity index (χ4n) is 3.19. The third kappa shape index (κ3) is 2.74. The summed E-state index contributed by atoms with van der Waals surface area (Å²) >= 11 is 2.06. The van der Waals surface area contributed by atoms with Crippen molar-refractivity contribution in [1.82, 2.24) is 19.9 Å². The Morgan fingerprint density at radius 1 is 1.29 bits per heavy atom. The molecule has 2 fully saturated rings. The Morgan fingerprint density at radius 3 is 3.00 bits per heavy atom. The van der Waals surface area contributed by atoms with Crippen molar-refractivity contribution in [3.05, 3.63) is 24.2 Å². The van der Waals surface area contributed by atoms with Crippen LogP contribution in [0.4, 0.5) is 5.69 Å². The molecule has 0 saturated carbocycles. The Morgan fingerprint density at radius 2 is 2.19 bits per heavy atom. The van der Waals surface area contributed by atoms with E-state index in [1.165, 1.54) is 23.6 Å². The lowest BCUT2D eigenvalue weighted by molar-refractivity contribution is 0.572. The molecule has 4 heterocycles. The van der Waals surface area contributed by atoms with Gasteiger partial charge in [-0.2, -0.15) is 11.8 Å². The number of rotatable bonds is 3. The normalized spacial score (nSPS) is 23.0. The molecule has 0 bridgehead atoms. The second-order valence-electron chi connectivity index (χ2n) is 5.90. The van der Waals surface area contributed by atoms with Crippen molar-refractivity contribution in [1.29, 1.82) is 0 Å². The quantitative estimate of drug-likeness (QED) is 0.929. The fourth-order valence-corrected chi connectivity index (χ4v) is 4.48. The summed E-state index contributed by atoms with van der Waals surface area (Å²) in [5.74, 6) is 4.46. The lowest BCUT2D eigenvalue weighted by Gasteiger charge is -2.29. The smallest absolute Gasteiger partial charge is 0.162 e. The van der Waals surface area contributed by atoms with E-state index in [1.807, 2.05) is 0 Å². The van der Waals surface area contributed by atoms with Gasteiger partial charge in [0.1, 0.15) is 5.82 Å². The van der Waals surface area contributed by atoms with Crippen LogP contribution in [-0.4, -0.2) is 52.3 Å². The number of hydrogen-bond acceptors (Lipinski definition) is 5. The van der Waals surface area contributed by atoms with Crippen LogP contribution in [0.5, 0.6) is 0 Å². The van der Waals surface area contributed by atoms with Gasteiger partial charge in [0.15, 0.2) is 5.65 Å². The molecule has 0 aromatic carbocycles. The van der Waals surface area contributed by atoms with Crippen LogP contribution in [0, 0.1) is 5.92 Å². The molecule has 2 aromatic rings. The van der Waals surface area contributed by atoms with Crippen molar-refractivity contribution in [3.63, 3.8) is 0 Å². The summed E-state index contributed by atoms with van der Waals surface area (Å²) in [4.78, 5) is 2.42. The molecule has 2 saturated heterocycles. The highest BCUT2D eigenvalue weighted by atomic mass is 32.2. The number of aromatic nitrogens is 3. The monoisotopic (exact) mass is 303 g/mol. The van der Waals surface area contributed by atoms with Crippen molar-refractivity contribution < 1.29 is 0 Å². The number of thioether (sulfide) groups is 1. The van der Waals surface area contributed by atoms with Crippen LogP contribution in [0.3, 0.4) is 0 Å². The fraction of sp³-hybridized carbons (Fsp3) is 0.600. The highest BCUT2D eigenvalue weighted by Gasteiger charge is 2.19. The first kappa shape index (κ1) is 13.4. The Labute approximate surface area is 129 Å². The first-order chi connectivity index (χ1) is 10.4. The minimum absolute atomic E-state index is 0.773. The van der Waals surface area contributed by atoms with E-state index in [2.05, 4.69) is 54.9 Å². The highest BCUT2D eigenvalue weighted by Crippen LogP contribution is 2.26. The molecule has 2 aliphatic heterocycles. The molecule has 0 aliphatic carbocycles. The highest BCUT2D eigenvalue weighted by molar-refractivity contribution is 7.99. The third-order valence-corrected chi connectivity index (χ3v) is 5.67. The molecular weight excluding hydrogens is 282 g/mol. The van der Waals surface area contributed by atoms with Gasteiger partial charge in [0.25, 0.3) is 0 Å². The zero-order chi connectivity index (χ0) is 14.1. The second kappa shape index (κ2) is 5.85. The zero-order valence-corrected chi connectivity index (χ0v) is 13.0. The molecule has 2 aromatic heterocycles. The summed E-state index contributed by atoms with van der Waals surface area (Å²) in [7, 11) is 0. The van der Waals surface area contributed by atoms with Crippen molar-refractivity contribution in [2.45, 2.75) is 12.8 Å². The number of nitrogens with zero attached hydrogens (tertiary/aromatic N) is 4. The molecule has 6 heteroatoms. The number of anilines is 1. The van der Waals surface area contributed by atoms with Crippen molar-refractivity contribution in [2.75, 3.05) is 42.6 Å². The Balaban J connectivity index is 1.57. The first-order valence-electron chi connectivity index (χ1n) is 7.77. The van der Waals surface area contributed by atoms with E-state index in [-0.39, 0.29) is 0 Å². The molecule has 0 amide bonds. The summed E-state index contributed by atoms with van der Waals surface area (Å²) in [5, 5.41) is 12.2. The average Bonchev–Trinajstić information content (AvgIpc) is 3.18. The largest absolute Gasteiger partial charge is 0.369 e. The SMILES string of the molecule is c1cn2c(CC3CCSC3)nnc2cc1N1CCNCC1. The van der Waals surface area contributed by atoms with Crippen molar-refractivity contribution >= 4 is 23.1 Å². The Kier molecular flexibility index (Phi) is 3.73. The molecule has 21 heavy (non-hydrogen) atoms. The molecule has 0 radical (unpaired) electrons. The third-order valence-electron chi connectivity index (χ3n) is 4.44. The summed E-state index contributed by atoms with van der Waals surface area (Å²) in [6.45, 7) is 4.25. The molecular formula is C15H21N5S. The van der Waals surface area contributed by atoms with Crippen LogP contribution in [-0.2, 0) is 6.42 Å². The van der Waals surface area contributed by atoms with Crippen molar-refractivity contribution in [3.8, 4) is 0 Å². The lowest BCUT2D eigenvalue weighted by atomic mass is 10.1. The van der Waals surface area contributed by atoms with Gasteiger partial charge in [-0.3, -0.25) is 4.40 Å². The Bertz CT molecular complexity index is 614. The number of nitrogens with one attached hydrogen (secondary N) is 1. The van der Waals surface area contributed by atoms with Gasteiger partial charge in [0, 0.05) is 50.6 Å². The van der Waals surface area contributed by atoms with Crippen LogP contribution < -0.4 is 10.2 Å². The van der Waals surface area contributed by atoms with Gasteiger partial charge in [-0.25, -0.2) is 0 Å². The van der Waals surface area contributed by atoms with E-state index < -0.39 is 0 Å². The number of pyridine rings is 1. The topological polar surface area (TPSA) is 45.5 Å². The second-order valence-corrected chi connectivity index (χ2v) is 7.05. The molecule has 0 spiro atoms. The zero-order valence-electron chi connectivity index (χ0n) is 12.2. The number of piperazine rings is 1. The molecule has 1 unspecified atom stereocenters. The van der Waals surface area contributed by atoms with Gasteiger partial charge in [0.2, 0.25) is 0 Å². The van der Waals surface area contributed by atoms with Gasteiger partial charge in [-0.15, -0.1) is 10.2 Å². The molecule has 112 valence electrons. The van der Waals surface area contributed by atoms with Gasteiger partial charge in [-0.1, -0.05) is 0 Å². The summed E-state index contributed by atoms with van der Waals surface area (Å²) in [5.41, 5.74) is 2.24. The molecule has 1 atom stereocenters. The van der Waals surface area contributed by atoms with Crippen molar-refractivity contribution in [2.24, 2.45) is 5.92 Å². The minimum atomic E-state index is 0.773. The van der Waals surface area contributed by atoms with Gasteiger partial charge < -0.3 is 10.2 Å². The number of hydrogen-bond donors (Lipinski definition) is 1. The minimum Gasteiger partial charge on any atom is -0.369 e. The standard InChI is InChI=1S/C15H21N5S/c1-5-20-14(9-12-2-8-21-11-12)17-18-15(20)10-13(1)19-6-3-16-4-7-19/h1,5,10,12,16H,2-4,6-9,11H2. The average molecular weight is 303 g/mol. The molecule has 2 aliphatic rings. The van der Waals surface area contributed by atoms with Crippen LogP contribution in [0.1, 0.15) is 12.2 Å². The predicted molar refractivity (Wildman–Crippen MR) is 87.2 cm³/mol. The van der Waals surface area contributed by atoms with E-state index in [9.17, 15) is 0 Å². The molecule has 5 nitrogen and oxygen atoms in total. The first-order valence-corrected chi connectivity index (χ1v) is 8.93. The Hall–Kier alpha value is -1.27. The molecule has 1 N–H and O–H groups in total. The summed E-state index contributed by atoms with van der Waals surface area (Å²) in [6, 6.07) is 4.37. The van der Waals surface area contributed by atoms with E-state index in [0.717, 1.165) is 50.0 Å². The van der Waals surface area contributed by atoms with Crippen LogP contribution in [0.2, 0.25) is 0 Å². The summed E-state index contributed by atoms with van der Waals surface area (Å²) < 4.78 is 2.16. The maximum Gasteiger partial charge on any atom is 0.162 e. The number of fused-ring (bicyclic) bond motifs is 1. The van der Waals surface area contributed by atoms with Crippen LogP contribution in [0.25, 0.3) is 5.65 Å². The summed E-state index contributed by atoms with van der Waals surface area (Å²) in [6.07, 6.45) is 4.52. The van der Waals surface area contributed by atoms with Crippen LogP contribution in [0.15, 0.2) is 18.3 Å². The van der Waals surface area contributed by atoms with Gasteiger partial charge in [-0.05, 0) is 29.9 Å². The van der Waals surface area contributed by atoms with E-state index >= 15 is 0 Å². The maximum atomic E-state index is 4.42.